The number of methoxy groups -OCH3 is 1. The maximum atomic E-state index is 12.1. The van der Waals surface area contributed by atoms with Crippen LogP contribution in [0.5, 0.6) is 0 Å². The van der Waals surface area contributed by atoms with E-state index < -0.39 is 0 Å². The van der Waals surface area contributed by atoms with Crippen LogP contribution in [-0.2, 0) is 21.6 Å². The number of nitrogens with one attached hydrogen (secondary N) is 2. The molecule has 7 heteroatoms. The van der Waals surface area contributed by atoms with Gasteiger partial charge in [0.15, 0.2) is 0 Å². The molecule has 0 spiro atoms. The Morgan fingerprint density at radius 3 is 2.48 bits per heavy atom. The van der Waals surface area contributed by atoms with Crippen LogP contribution in [0.4, 0.5) is 11.5 Å². The molecule has 0 aliphatic rings. The van der Waals surface area contributed by atoms with Gasteiger partial charge >= 0.3 is 0 Å². The van der Waals surface area contributed by atoms with E-state index in [1.807, 2.05) is 20.8 Å². The van der Waals surface area contributed by atoms with Crippen molar-refractivity contribution in [3.8, 4) is 0 Å². The Morgan fingerprint density at radius 1 is 1.20 bits per heavy atom. The smallest absolute Gasteiger partial charge is 0.243 e. The summed E-state index contributed by atoms with van der Waals surface area (Å²) in [4.78, 5) is 21.1. The molecule has 2 rings (SSSR count). The Labute approximate surface area is 153 Å². The summed E-state index contributed by atoms with van der Waals surface area (Å²) in [6, 6.07) is 8.73. The predicted molar refractivity (Wildman–Crippen MR) is 100 cm³/mol. The molecule has 0 fully saturated rings. The van der Waals surface area contributed by atoms with Crippen LogP contribution in [-0.4, -0.2) is 29.5 Å². The second kappa shape index (κ2) is 8.27. The molecular weight excluding hydrogens is 340 g/mol. The Bertz CT molecular complexity index is 727. The SMILES string of the molecule is COCc1cc(NCC(=O)Nc2ccc(Cl)cc2)nc(C(C)(C)C)n1. The quantitative estimate of drug-likeness (QED) is 0.820. The molecule has 1 heterocycles. The molecule has 0 unspecified atom stereocenters. The number of aromatic nitrogens is 2. The lowest BCUT2D eigenvalue weighted by Gasteiger charge is -2.19. The van der Waals surface area contributed by atoms with Gasteiger partial charge in [-0.3, -0.25) is 4.79 Å². The third-order valence-corrected chi connectivity index (χ3v) is 3.55. The van der Waals surface area contributed by atoms with E-state index in [1.165, 1.54) is 0 Å². The van der Waals surface area contributed by atoms with Gasteiger partial charge < -0.3 is 15.4 Å². The van der Waals surface area contributed by atoms with E-state index in [0.717, 1.165) is 5.69 Å². The summed E-state index contributed by atoms with van der Waals surface area (Å²) in [7, 11) is 1.62. The van der Waals surface area contributed by atoms with E-state index in [9.17, 15) is 4.79 Å². The van der Waals surface area contributed by atoms with Crippen molar-refractivity contribution in [1.82, 2.24) is 9.97 Å². The summed E-state index contributed by atoms with van der Waals surface area (Å²) in [5.74, 6) is 1.12. The van der Waals surface area contributed by atoms with Gasteiger partial charge in [-0.25, -0.2) is 9.97 Å². The van der Waals surface area contributed by atoms with E-state index in [-0.39, 0.29) is 17.9 Å². The molecule has 1 amide bonds. The highest BCUT2D eigenvalue weighted by atomic mass is 35.5. The van der Waals surface area contributed by atoms with Crippen LogP contribution in [0.1, 0.15) is 32.3 Å². The molecule has 6 nitrogen and oxygen atoms in total. The number of anilines is 2. The van der Waals surface area contributed by atoms with Crippen LogP contribution in [0, 0.1) is 0 Å². The van der Waals surface area contributed by atoms with Crippen molar-refractivity contribution in [2.45, 2.75) is 32.8 Å². The van der Waals surface area contributed by atoms with Crippen molar-refractivity contribution in [3.63, 3.8) is 0 Å². The number of hydrogen-bond acceptors (Lipinski definition) is 5. The highest BCUT2D eigenvalue weighted by Crippen LogP contribution is 2.21. The maximum Gasteiger partial charge on any atom is 0.243 e. The van der Waals surface area contributed by atoms with Gasteiger partial charge in [0.05, 0.1) is 18.8 Å². The van der Waals surface area contributed by atoms with E-state index in [4.69, 9.17) is 16.3 Å². The number of carbonyl (C=O) groups is 1. The first-order valence-corrected chi connectivity index (χ1v) is 8.32. The Morgan fingerprint density at radius 2 is 1.88 bits per heavy atom. The fourth-order valence-corrected chi connectivity index (χ4v) is 2.18. The summed E-state index contributed by atoms with van der Waals surface area (Å²) in [5, 5.41) is 6.46. The summed E-state index contributed by atoms with van der Waals surface area (Å²) in [6.07, 6.45) is 0. The molecule has 25 heavy (non-hydrogen) atoms. The molecule has 2 aromatic rings. The van der Waals surface area contributed by atoms with Gasteiger partial charge in [0.25, 0.3) is 0 Å². The topological polar surface area (TPSA) is 76.1 Å². The van der Waals surface area contributed by atoms with Crippen LogP contribution in [0.3, 0.4) is 0 Å². The molecule has 1 aromatic carbocycles. The van der Waals surface area contributed by atoms with Gasteiger partial charge in [-0.2, -0.15) is 0 Å². The first-order chi connectivity index (χ1) is 11.8. The summed E-state index contributed by atoms with van der Waals surface area (Å²) < 4.78 is 5.16. The predicted octanol–water partition coefficient (Wildman–Crippen LogP) is 3.62. The van der Waals surface area contributed by atoms with Crippen molar-refractivity contribution < 1.29 is 9.53 Å². The first kappa shape index (κ1) is 19.1. The van der Waals surface area contributed by atoms with E-state index in [0.29, 0.717) is 29.0 Å². The molecule has 0 aliphatic heterocycles. The van der Waals surface area contributed by atoms with Crippen molar-refractivity contribution >= 4 is 29.0 Å². The Balaban J connectivity index is 2.04. The van der Waals surface area contributed by atoms with Gasteiger partial charge in [0.1, 0.15) is 11.6 Å². The molecule has 0 atom stereocenters. The lowest BCUT2D eigenvalue weighted by atomic mass is 9.95. The third kappa shape index (κ3) is 5.99. The molecule has 0 saturated heterocycles. The number of nitrogens with zero attached hydrogens (tertiary/aromatic N) is 2. The molecule has 1 aromatic heterocycles. The van der Waals surface area contributed by atoms with Gasteiger partial charge in [0.2, 0.25) is 5.91 Å². The van der Waals surface area contributed by atoms with E-state index in [2.05, 4.69) is 20.6 Å². The van der Waals surface area contributed by atoms with Crippen LogP contribution >= 0.6 is 11.6 Å². The summed E-state index contributed by atoms with van der Waals surface area (Å²) in [5.41, 5.74) is 1.25. The number of rotatable bonds is 6. The summed E-state index contributed by atoms with van der Waals surface area (Å²) in [6.45, 7) is 6.59. The summed E-state index contributed by atoms with van der Waals surface area (Å²) >= 11 is 5.83. The average molecular weight is 363 g/mol. The molecule has 0 saturated carbocycles. The standard InChI is InChI=1S/C18H23ClN4O2/c1-18(2,3)17-22-14(11-25-4)9-15(23-17)20-10-16(24)21-13-7-5-12(19)6-8-13/h5-9H,10-11H2,1-4H3,(H,21,24)(H,20,22,23). The fraction of sp³-hybridized carbons (Fsp3) is 0.389. The first-order valence-electron chi connectivity index (χ1n) is 7.94. The van der Waals surface area contributed by atoms with Crippen LogP contribution in [0.2, 0.25) is 5.02 Å². The van der Waals surface area contributed by atoms with Gasteiger partial charge in [-0.15, -0.1) is 0 Å². The normalized spacial score (nSPS) is 11.2. The van der Waals surface area contributed by atoms with Crippen molar-refractivity contribution in [3.05, 3.63) is 46.9 Å². The lowest BCUT2D eigenvalue weighted by molar-refractivity contribution is -0.114. The fourth-order valence-electron chi connectivity index (χ4n) is 2.05. The number of carbonyl (C=O) groups excluding carboxylic acids is 1. The maximum absolute atomic E-state index is 12.1. The zero-order valence-electron chi connectivity index (χ0n) is 14.9. The Hall–Kier alpha value is -2.18. The lowest BCUT2D eigenvalue weighted by Crippen LogP contribution is -2.24. The zero-order chi connectivity index (χ0) is 18.4. The molecule has 134 valence electrons. The minimum atomic E-state index is -0.203. The van der Waals surface area contributed by atoms with Crippen molar-refractivity contribution in [2.24, 2.45) is 0 Å². The molecule has 2 N–H and O–H groups in total. The number of hydrogen-bond donors (Lipinski definition) is 2. The zero-order valence-corrected chi connectivity index (χ0v) is 15.6. The number of ether oxygens (including phenoxy) is 1. The molecule has 0 aliphatic carbocycles. The third-order valence-electron chi connectivity index (χ3n) is 3.30. The van der Waals surface area contributed by atoms with Crippen LogP contribution in [0.25, 0.3) is 0 Å². The van der Waals surface area contributed by atoms with Crippen LogP contribution in [0.15, 0.2) is 30.3 Å². The highest BCUT2D eigenvalue weighted by Gasteiger charge is 2.19. The monoisotopic (exact) mass is 362 g/mol. The second-order valence-electron chi connectivity index (χ2n) is 6.66. The van der Waals surface area contributed by atoms with Crippen molar-refractivity contribution in [2.75, 3.05) is 24.3 Å². The second-order valence-corrected chi connectivity index (χ2v) is 7.10. The minimum absolute atomic E-state index is 0.0929. The van der Waals surface area contributed by atoms with Gasteiger partial charge in [-0.05, 0) is 24.3 Å². The highest BCUT2D eigenvalue weighted by molar-refractivity contribution is 6.30. The van der Waals surface area contributed by atoms with Gasteiger partial charge in [0, 0.05) is 29.3 Å². The minimum Gasteiger partial charge on any atom is -0.378 e. The van der Waals surface area contributed by atoms with E-state index in [1.54, 1.807) is 37.4 Å². The number of halogens is 1. The van der Waals surface area contributed by atoms with E-state index >= 15 is 0 Å². The molecule has 0 radical (unpaired) electrons. The van der Waals surface area contributed by atoms with Crippen molar-refractivity contribution in [1.29, 1.82) is 0 Å². The number of benzene rings is 1. The largest absolute Gasteiger partial charge is 0.378 e. The van der Waals surface area contributed by atoms with Crippen LogP contribution < -0.4 is 10.6 Å². The average Bonchev–Trinajstić information content (AvgIpc) is 2.54. The number of amides is 1. The molecule has 0 bridgehead atoms. The molecular formula is C18H23ClN4O2. The van der Waals surface area contributed by atoms with Gasteiger partial charge in [-0.1, -0.05) is 32.4 Å². The Kier molecular flexibility index (Phi) is 6.33.